The number of nitrogens with zero attached hydrogens (tertiary/aromatic N) is 6. The van der Waals surface area contributed by atoms with E-state index in [2.05, 4.69) is 26.1 Å². The zero-order valence-corrected chi connectivity index (χ0v) is 32.4. The van der Waals surface area contributed by atoms with E-state index in [0.29, 0.717) is 49.5 Å². The quantitative estimate of drug-likeness (QED) is 0.0881. The van der Waals surface area contributed by atoms with Crippen LogP contribution in [0.4, 0.5) is 22.2 Å². The number of sulfonamides is 1. The number of fused-ring (bicyclic) bond motifs is 1. The molecular formula is C39H42N10O9S. The largest absolute Gasteiger partial charge is 0.508 e. The summed E-state index contributed by atoms with van der Waals surface area (Å²) in [5, 5.41) is 60.7. The number of hydrogen-bond acceptors (Lipinski definition) is 15. The first-order valence-electron chi connectivity index (χ1n) is 18.8. The van der Waals surface area contributed by atoms with Gasteiger partial charge in [0.15, 0.2) is 29.0 Å². The predicted octanol–water partition coefficient (Wildman–Crippen LogP) is 3.07. The third kappa shape index (κ3) is 8.34. The van der Waals surface area contributed by atoms with Gasteiger partial charge >= 0.3 is 6.03 Å². The predicted molar refractivity (Wildman–Crippen MR) is 213 cm³/mol. The van der Waals surface area contributed by atoms with Gasteiger partial charge in [-0.05, 0) is 66.4 Å². The standard InChI is InChI=1S/C39H42N10O9S/c1-2-23-17-30(58-47-23)34-32(52)33(53)37(57-34)49-20-42-31-35(41-18-29(21-6-10-26(50)11-7-21)22-8-12-27(51)13-9-22)45-38(46-36(31)49)48-15-14-25(19-48)44-39(54)43-24-4-3-5-28(16-24)59(40,55)56/h3-13,16-17,20,25,29,32-34,37,50-53H,2,14-15,18-19H2,1H3,(H2,40,55,56)(H,41,45,46)(H2,43,44,54)/t25-,32+,33-,34-,37-/m1/s1. The molecule has 59 heavy (non-hydrogen) atoms. The Balaban J connectivity index is 1.09. The van der Waals surface area contributed by atoms with Crippen LogP contribution < -0.4 is 26.0 Å². The number of rotatable bonds is 12. The Bertz CT molecular complexity index is 2520. The van der Waals surface area contributed by atoms with Crippen LogP contribution in [0.5, 0.6) is 11.5 Å². The number of ether oxygens (including phenoxy) is 1. The van der Waals surface area contributed by atoms with E-state index < -0.39 is 40.6 Å². The number of amides is 2. The highest BCUT2D eigenvalue weighted by Gasteiger charge is 2.47. The molecule has 20 heteroatoms. The summed E-state index contributed by atoms with van der Waals surface area (Å²) in [6.07, 6.45) is -2.33. The van der Waals surface area contributed by atoms with Crippen LogP contribution in [-0.4, -0.2) is 97.4 Å². The van der Waals surface area contributed by atoms with Crippen LogP contribution in [0.2, 0.25) is 0 Å². The SMILES string of the molecule is CCc1cc([C@H]2O[C@@H](n3cnc4c(NCC(c5ccc(O)cc5)c5ccc(O)cc5)nc(N5CC[C@@H](NC(=O)Nc6cccc(S(N)(=O)=O)c6)C5)nc43)[C@H](O)[C@@H]2O)on1. The summed E-state index contributed by atoms with van der Waals surface area (Å²) in [4.78, 5) is 29.2. The number of anilines is 3. The number of hydrogen-bond donors (Lipinski definition) is 8. The van der Waals surface area contributed by atoms with Crippen molar-refractivity contribution in [2.75, 3.05) is 35.2 Å². The second-order valence-electron chi connectivity index (χ2n) is 14.4. The topological polar surface area (TPSA) is 276 Å². The van der Waals surface area contributed by atoms with Gasteiger partial charge in [0.05, 0.1) is 16.9 Å². The summed E-state index contributed by atoms with van der Waals surface area (Å²) in [6, 6.07) is 20.0. The number of nitrogens with one attached hydrogen (secondary N) is 3. The van der Waals surface area contributed by atoms with Gasteiger partial charge < -0.3 is 50.5 Å². The van der Waals surface area contributed by atoms with Crippen molar-refractivity contribution in [1.82, 2.24) is 30.0 Å². The molecule has 0 bridgehead atoms. The third-order valence-corrected chi connectivity index (χ3v) is 11.3. The van der Waals surface area contributed by atoms with Crippen LogP contribution in [-0.2, 0) is 21.2 Å². The molecule has 308 valence electrons. The van der Waals surface area contributed by atoms with Crippen LogP contribution in [0.1, 0.15) is 54.2 Å². The molecule has 3 aromatic heterocycles. The van der Waals surface area contributed by atoms with Crippen molar-refractivity contribution >= 4 is 44.7 Å². The number of carbonyl (C=O) groups excluding carboxylic acids is 1. The number of aryl methyl sites for hydroxylation is 1. The van der Waals surface area contributed by atoms with E-state index >= 15 is 0 Å². The normalized spacial score (nSPS) is 20.7. The second-order valence-corrected chi connectivity index (χ2v) is 16.0. The fraction of sp³-hybridized carbons (Fsp3) is 0.308. The molecule has 0 radical (unpaired) electrons. The number of imidazole rings is 1. The monoisotopic (exact) mass is 826 g/mol. The second kappa shape index (κ2) is 16.1. The molecule has 0 unspecified atom stereocenters. The van der Waals surface area contributed by atoms with Gasteiger partial charge in [-0.2, -0.15) is 9.97 Å². The molecule has 5 atom stereocenters. The summed E-state index contributed by atoms with van der Waals surface area (Å²) in [7, 11) is -3.97. The first kappa shape index (κ1) is 39.5. The van der Waals surface area contributed by atoms with E-state index in [1.54, 1.807) is 36.4 Å². The van der Waals surface area contributed by atoms with Crippen LogP contribution in [0.15, 0.2) is 94.6 Å². The first-order chi connectivity index (χ1) is 28.3. The molecule has 0 aliphatic carbocycles. The Kier molecular flexibility index (Phi) is 10.8. The van der Waals surface area contributed by atoms with Gasteiger partial charge in [0, 0.05) is 43.3 Å². The van der Waals surface area contributed by atoms with Crippen molar-refractivity contribution in [3.63, 3.8) is 0 Å². The fourth-order valence-electron chi connectivity index (χ4n) is 7.31. The number of primary sulfonamides is 1. The molecule has 2 aliphatic rings. The average molecular weight is 827 g/mol. The van der Waals surface area contributed by atoms with E-state index in [1.807, 2.05) is 36.1 Å². The minimum Gasteiger partial charge on any atom is -0.508 e. The summed E-state index contributed by atoms with van der Waals surface area (Å²) in [5.41, 5.74) is 3.30. The van der Waals surface area contributed by atoms with Crippen molar-refractivity contribution in [2.24, 2.45) is 5.14 Å². The van der Waals surface area contributed by atoms with Gasteiger partial charge in [-0.25, -0.2) is 23.3 Å². The molecule has 0 spiro atoms. The zero-order chi connectivity index (χ0) is 41.4. The maximum absolute atomic E-state index is 13.0. The van der Waals surface area contributed by atoms with Crippen molar-refractivity contribution in [3.8, 4) is 11.5 Å². The lowest BCUT2D eigenvalue weighted by Crippen LogP contribution is -2.40. The molecule has 19 nitrogen and oxygen atoms in total. The smallest absolute Gasteiger partial charge is 0.319 e. The van der Waals surface area contributed by atoms with Gasteiger partial charge in [-0.15, -0.1) is 0 Å². The Morgan fingerprint density at radius 3 is 2.36 bits per heavy atom. The average Bonchev–Trinajstić information content (AvgIpc) is 4.03. The number of urea groups is 1. The molecule has 0 saturated carbocycles. The molecule has 6 aromatic rings. The van der Waals surface area contributed by atoms with Crippen molar-refractivity contribution in [2.45, 2.75) is 61.2 Å². The van der Waals surface area contributed by atoms with Gasteiger partial charge in [-0.3, -0.25) is 4.57 Å². The lowest BCUT2D eigenvalue weighted by atomic mass is 9.91. The minimum absolute atomic E-state index is 0.115. The van der Waals surface area contributed by atoms with Gasteiger partial charge in [0.1, 0.15) is 29.8 Å². The number of nitrogens with two attached hydrogens (primary N) is 1. The van der Waals surface area contributed by atoms with Crippen LogP contribution >= 0.6 is 0 Å². The Morgan fingerprint density at radius 1 is 0.983 bits per heavy atom. The Morgan fingerprint density at radius 2 is 1.69 bits per heavy atom. The van der Waals surface area contributed by atoms with Crippen molar-refractivity contribution in [3.05, 3.63) is 108 Å². The molecule has 2 amide bonds. The summed E-state index contributed by atoms with van der Waals surface area (Å²) in [6.45, 7) is 2.96. The van der Waals surface area contributed by atoms with Crippen LogP contribution in [0, 0.1) is 0 Å². The zero-order valence-electron chi connectivity index (χ0n) is 31.6. The number of aromatic hydroxyl groups is 2. The van der Waals surface area contributed by atoms with Gasteiger partial charge in [0.2, 0.25) is 16.0 Å². The van der Waals surface area contributed by atoms with E-state index in [1.165, 1.54) is 29.1 Å². The number of benzene rings is 3. The van der Waals surface area contributed by atoms with Crippen molar-refractivity contribution < 1.29 is 42.9 Å². The molecule has 5 heterocycles. The Hall–Kier alpha value is -6.32. The molecule has 2 saturated heterocycles. The van der Waals surface area contributed by atoms with E-state index in [-0.39, 0.29) is 51.4 Å². The fourth-order valence-corrected chi connectivity index (χ4v) is 7.87. The third-order valence-electron chi connectivity index (χ3n) is 10.4. The van der Waals surface area contributed by atoms with Gasteiger partial charge in [-0.1, -0.05) is 42.4 Å². The summed E-state index contributed by atoms with van der Waals surface area (Å²) >= 11 is 0. The molecule has 2 fully saturated rings. The highest BCUT2D eigenvalue weighted by Crippen LogP contribution is 2.41. The number of phenolic OH excluding ortho intramolecular Hbond substituents is 2. The van der Waals surface area contributed by atoms with Crippen LogP contribution in [0.3, 0.4) is 0 Å². The number of phenols is 2. The molecule has 3 aromatic carbocycles. The molecule has 2 aliphatic heterocycles. The molecule has 9 N–H and O–H groups in total. The van der Waals surface area contributed by atoms with E-state index in [4.69, 9.17) is 24.4 Å². The number of aliphatic hydroxyl groups is 2. The highest BCUT2D eigenvalue weighted by molar-refractivity contribution is 7.89. The Labute approximate surface area is 337 Å². The van der Waals surface area contributed by atoms with E-state index in [9.17, 15) is 33.6 Å². The van der Waals surface area contributed by atoms with Crippen LogP contribution in [0.25, 0.3) is 11.2 Å². The number of aliphatic hydroxyl groups excluding tert-OH is 2. The summed E-state index contributed by atoms with van der Waals surface area (Å²) in [5.74, 6) is 0.854. The summed E-state index contributed by atoms with van der Waals surface area (Å²) < 4.78 is 36.8. The number of aromatic nitrogens is 5. The van der Waals surface area contributed by atoms with Crippen molar-refractivity contribution in [1.29, 1.82) is 0 Å². The lowest BCUT2D eigenvalue weighted by molar-refractivity contribution is -0.0434. The molecular weight excluding hydrogens is 785 g/mol. The number of carbonyl (C=O) groups is 1. The van der Waals surface area contributed by atoms with E-state index in [0.717, 1.165) is 11.1 Å². The maximum atomic E-state index is 13.0. The van der Waals surface area contributed by atoms with Gasteiger partial charge in [0.25, 0.3) is 0 Å². The lowest BCUT2D eigenvalue weighted by Gasteiger charge is -2.22. The maximum Gasteiger partial charge on any atom is 0.319 e. The highest BCUT2D eigenvalue weighted by atomic mass is 32.2. The molecule has 8 rings (SSSR count). The first-order valence-corrected chi connectivity index (χ1v) is 20.4. The minimum atomic E-state index is -3.97.